The van der Waals surface area contributed by atoms with Gasteiger partial charge in [0.1, 0.15) is 6.42 Å². The molecule has 0 aromatic heterocycles. The summed E-state index contributed by atoms with van der Waals surface area (Å²) in [5.41, 5.74) is 0.161. The maximum absolute atomic E-state index is 10.9. The van der Waals surface area contributed by atoms with E-state index in [-0.39, 0.29) is 11.5 Å². The molecule has 1 amide bonds. The van der Waals surface area contributed by atoms with E-state index in [0.29, 0.717) is 0 Å². The van der Waals surface area contributed by atoms with Crippen molar-refractivity contribution in [3.63, 3.8) is 0 Å². The first-order chi connectivity index (χ1) is 5.42. The first-order valence-corrected chi connectivity index (χ1v) is 3.93. The molecule has 12 heavy (non-hydrogen) atoms. The van der Waals surface area contributed by atoms with Crippen LogP contribution >= 0.6 is 0 Å². The lowest BCUT2D eigenvalue weighted by atomic mass is 10.2. The second-order valence-electron chi connectivity index (χ2n) is 3.88. The minimum absolute atomic E-state index is 0.161. The highest BCUT2D eigenvalue weighted by molar-refractivity contribution is 5.93. The molecule has 4 nitrogen and oxygen atoms in total. The van der Waals surface area contributed by atoms with Crippen LogP contribution in [-0.4, -0.2) is 23.0 Å². The largest absolute Gasteiger partial charge is 0.481 e. The first kappa shape index (κ1) is 9.03. The number of amides is 1. The molecule has 4 heteroatoms. The maximum atomic E-state index is 10.9. The highest BCUT2D eigenvalue weighted by atomic mass is 16.4. The van der Waals surface area contributed by atoms with Gasteiger partial charge in [-0.2, -0.15) is 0 Å². The van der Waals surface area contributed by atoms with Gasteiger partial charge in [-0.1, -0.05) is 13.8 Å². The van der Waals surface area contributed by atoms with Crippen molar-refractivity contribution >= 4 is 11.9 Å². The van der Waals surface area contributed by atoms with Crippen LogP contribution in [0.25, 0.3) is 0 Å². The molecule has 1 aliphatic rings. The van der Waals surface area contributed by atoms with Crippen LogP contribution in [0.2, 0.25) is 0 Å². The van der Waals surface area contributed by atoms with E-state index in [1.807, 2.05) is 13.8 Å². The lowest BCUT2D eigenvalue weighted by Gasteiger charge is -2.04. The maximum Gasteiger partial charge on any atom is 0.312 e. The highest BCUT2D eigenvalue weighted by Crippen LogP contribution is 2.44. The fourth-order valence-corrected chi connectivity index (χ4v) is 1.10. The number of hydrogen-bond acceptors (Lipinski definition) is 2. The van der Waals surface area contributed by atoms with Gasteiger partial charge in [0.25, 0.3) is 0 Å². The Kier molecular flexibility index (Phi) is 2.08. The van der Waals surface area contributed by atoms with Gasteiger partial charge in [-0.25, -0.2) is 0 Å². The van der Waals surface area contributed by atoms with Crippen molar-refractivity contribution in [2.45, 2.75) is 32.7 Å². The van der Waals surface area contributed by atoms with Crippen LogP contribution in [0, 0.1) is 5.41 Å². The van der Waals surface area contributed by atoms with Crippen molar-refractivity contribution in [1.29, 1.82) is 0 Å². The molecule has 2 N–H and O–H groups in total. The molecule has 0 saturated heterocycles. The minimum atomic E-state index is -1.08. The Bertz CT molecular complexity index is 222. The van der Waals surface area contributed by atoms with E-state index in [1.54, 1.807) is 0 Å². The lowest BCUT2D eigenvalue weighted by molar-refractivity contribution is -0.140. The number of rotatable bonds is 3. The molecule has 1 saturated carbocycles. The average Bonchev–Trinajstić information content (AvgIpc) is 2.35. The summed E-state index contributed by atoms with van der Waals surface area (Å²) in [6.07, 6.45) is 0.519. The monoisotopic (exact) mass is 171 g/mol. The third-order valence-corrected chi connectivity index (χ3v) is 2.16. The van der Waals surface area contributed by atoms with E-state index in [4.69, 9.17) is 5.11 Å². The number of aliphatic carboxylic acids is 1. The van der Waals surface area contributed by atoms with Crippen LogP contribution in [0.3, 0.4) is 0 Å². The van der Waals surface area contributed by atoms with Crippen LogP contribution < -0.4 is 5.32 Å². The molecule has 1 unspecified atom stereocenters. The third-order valence-electron chi connectivity index (χ3n) is 2.16. The SMILES string of the molecule is CC1(C)CC1NC(=O)CC(=O)O. The number of carboxylic acid groups (broad SMARTS) is 1. The summed E-state index contributed by atoms with van der Waals surface area (Å²) in [7, 11) is 0. The van der Waals surface area contributed by atoms with E-state index in [2.05, 4.69) is 5.32 Å². The zero-order valence-electron chi connectivity index (χ0n) is 7.26. The Morgan fingerprint density at radius 2 is 2.08 bits per heavy atom. The standard InChI is InChI=1S/C8H13NO3/c1-8(2)4-5(8)9-6(10)3-7(11)12/h5H,3-4H2,1-2H3,(H,9,10)(H,11,12). The molecule has 1 atom stereocenters. The summed E-state index contributed by atoms with van der Waals surface area (Å²) >= 11 is 0. The fourth-order valence-electron chi connectivity index (χ4n) is 1.10. The second-order valence-corrected chi connectivity index (χ2v) is 3.88. The molecule has 0 aliphatic heterocycles. The number of hydrogen-bond donors (Lipinski definition) is 2. The van der Waals surface area contributed by atoms with Gasteiger partial charge in [0.05, 0.1) is 0 Å². The molecular weight excluding hydrogens is 158 g/mol. The molecule has 0 radical (unpaired) electrons. The first-order valence-electron chi connectivity index (χ1n) is 3.93. The van der Waals surface area contributed by atoms with E-state index in [1.165, 1.54) is 0 Å². The Balaban J connectivity index is 2.25. The molecule has 1 aliphatic carbocycles. The summed E-state index contributed by atoms with van der Waals surface area (Å²) in [6, 6.07) is 0.171. The van der Waals surface area contributed by atoms with Crippen LogP contribution in [0.5, 0.6) is 0 Å². The zero-order chi connectivity index (χ0) is 9.35. The molecule has 0 aromatic rings. The fraction of sp³-hybridized carbons (Fsp3) is 0.750. The highest BCUT2D eigenvalue weighted by Gasteiger charge is 2.46. The van der Waals surface area contributed by atoms with Gasteiger partial charge >= 0.3 is 5.97 Å². The number of carbonyl (C=O) groups excluding carboxylic acids is 1. The van der Waals surface area contributed by atoms with Crippen LogP contribution in [0.4, 0.5) is 0 Å². The lowest BCUT2D eigenvalue weighted by Crippen LogP contribution is -2.29. The minimum Gasteiger partial charge on any atom is -0.481 e. The average molecular weight is 171 g/mol. The number of carbonyl (C=O) groups is 2. The predicted molar refractivity (Wildman–Crippen MR) is 42.6 cm³/mol. The van der Waals surface area contributed by atoms with Crippen molar-refractivity contribution in [2.24, 2.45) is 5.41 Å². The zero-order valence-corrected chi connectivity index (χ0v) is 7.26. The summed E-state index contributed by atoms with van der Waals surface area (Å²) in [6.45, 7) is 4.08. The Morgan fingerprint density at radius 3 is 2.42 bits per heavy atom. The quantitative estimate of drug-likeness (QED) is 0.603. The van der Waals surface area contributed by atoms with E-state index in [9.17, 15) is 9.59 Å². The van der Waals surface area contributed by atoms with Crippen molar-refractivity contribution in [3.8, 4) is 0 Å². The predicted octanol–water partition coefficient (Wildman–Crippen LogP) is 0.376. The van der Waals surface area contributed by atoms with Gasteiger partial charge in [-0.3, -0.25) is 9.59 Å². The van der Waals surface area contributed by atoms with Gasteiger partial charge in [-0.15, -0.1) is 0 Å². The van der Waals surface area contributed by atoms with Crippen LogP contribution in [0.1, 0.15) is 26.7 Å². The summed E-state index contributed by atoms with van der Waals surface area (Å²) in [4.78, 5) is 21.0. The van der Waals surface area contributed by atoms with Gasteiger partial charge in [0.15, 0.2) is 0 Å². The third kappa shape index (κ3) is 2.22. The normalized spacial score (nSPS) is 24.7. The van der Waals surface area contributed by atoms with Crippen molar-refractivity contribution in [1.82, 2.24) is 5.32 Å². The Labute approximate surface area is 71.0 Å². The van der Waals surface area contributed by atoms with Gasteiger partial charge in [0, 0.05) is 6.04 Å². The molecule has 0 heterocycles. The molecular formula is C8H13NO3. The second kappa shape index (κ2) is 2.77. The Hall–Kier alpha value is -1.06. The molecule has 0 aromatic carbocycles. The van der Waals surface area contributed by atoms with Crippen LogP contribution in [0.15, 0.2) is 0 Å². The smallest absolute Gasteiger partial charge is 0.312 e. The van der Waals surface area contributed by atoms with E-state index in [0.717, 1.165) is 6.42 Å². The van der Waals surface area contributed by atoms with Crippen LogP contribution in [-0.2, 0) is 9.59 Å². The molecule has 1 fully saturated rings. The van der Waals surface area contributed by atoms with Crippen molar-refractivity contribution < 1.29 is 14.7 Å². The van der Waals surface area contributed by atoms with Gasteiger partial charge in [0.2, 0.25) is 5.91 Å². The van der Waals surface area contributed by atoms with Crippen molar-refractivity contribution in [3.05, 3.63) is 0 Å². The number of carboxylic acids is 1. The molecule has 68 valence electrons. The summed E-state index contributed by atoms with van der Waals surface area (Å²) < 4.78 is 0. The molecule has 1 rings (SSSR count). The van der Waals surface area contributed by atoms with Gasteiger partial charge in [-0.05, 0) is 11.8 Å². The summed E-state index contributed by atoms with van der Waals surface area (Å²) in [5, 5.41) is 10.9. The number of nitrogens with one attached hydrogen (secondary N) is 1. The van der Waals surface area contributed by atoms with E-state index < -0.39 is 18.3 Å². The molecule has 0 spiro atoms. The van der Waals surface area contributed by atoms with Gasteiger partial charge < -0.3 is 10.4 Å². The topological polar surface area (TPSA) is 66.4 Å². The van der Waals surface area contributed by atoms with Crippen molar-refractivity contribution in [2.75, 3.05) is 0 Å². The van der Waals surface area contributed by atoms with E-state index >= 15 is 0 Å². The summed E-state index contributed by atoms with van der Waals surface area (Å²) in [5.74, 6) is -1.47. The Morgan fingerprint density at radius 1 is 1.58 bits per heavy atom. The molecule has 0 bridgehead atoms.